The topological polar surface area (TPSA) is 49.4 Å². The fourth-order valence-corrected chi connectivity index (χ4v) is 4.01. The number of hydrogen-bond acceptors (Lipinski definition) is 2. The lowest BCUT2D eigenvalue weighted by Crippen LogP contribution is -2.53. The van der Waals surface area contributed by atoms with E-state index in [-0.39, 0.29) is 31.6 Å². The van der Waals surface area contributed by atoms with Crippen LogP contribution in [0.25, 0.3) is 0 Å². The average Bonchev–Trinajstić information content (AvgIpc) is 2.73. The predicted molar refractivity (Wildman–Crippen MR) is 124 cm³/mol. The Kier molecular flexibility index (Phi) is 8.91. The molecule has 0 aliphatic carbocycles. The van der Waals surface area contributed by atoms with Gasteiger partial charge in [0.05, 0.1) is 6.42 Å². The maximum Gasteiger partial charge on any atom is 0.245 e. The predicted octanol–water partition coefficient (Wildman–Crippen LogP) is 5.07. The molecule has 4 nitrogen and oxygen atoms in total. The van der Waals surface area contributed by atoms with E-state index < -0.39 is 6.04 Å². The lowest BCUT2D eigenvalue weighted by molar-refractivity contribution is -0.138. The van der Waals surface area contributed by atoms with E-state index in [9.17, 15) is 9.59 Å². The molecule has 30 heavy (non-hydrogen) atoms. The number of nitrogens with zero attached hydrogens (tertiary/aromatic N) is 1. The van der Waals surface area contributed by atoms with Crippen molar-refractivity contribution in [2.75, 3.05) is 13.1 Å². The molecule has 0 unspecified atom stereocenters. The van der Waals surface area contributed by atoms with Gasteiger partial charge >= 0.3 is 0 Å². The van der Waals surface area contributed by atoms with Crippen LogP contribution < -0.4 is 5.32 Å². The zero-order chi connectivity index (χ0) is 20.8. The van der Waals surface area contributed by atoms with Gasteiger partial charge in [-0.25, -0.2) is 0 Å². The molecule has 1 fully saturated rings. The van der Waals surface area contributed by atoms with Crippen LogP contribution in [0, 0.1) is 5.92 Å². The van der Waals surface area contributed by atoms with E-state index in [2.05, 4.69) is 17.4 Å². The van der Waals surface area contributed by atoms with Crippen molar-refractivity contribution >= 4 is 23.4 Å². The highest BCUT2D eigenvalue weighted by Crippen LogP contribution is 2.29. The monoisotopic (exact) mass is 428 g/mol. The Morgan fingerprint density at radius 3 is 2.20 bits per heavy atom. The Hall–Kier alpha value is -2.33. The Morgan fingerprint density at radius 2 is 1.63 bits per heavy atom. The SMILES string of the molecule is C.CC(C)[C@@H](NC(=O)Cc1ccccc1)C(=O)N1CCC(c2ccc(Cl)cc2)CC1. The van der Waals surface area contributed by atoms with Crippen molar-refractivity contribution in [1.29, 1.82) is 0 Å². The van der Waals surface area contributed by atoms with Gasteiger partial charge in [0.15, 0.2) is 0 Å². The maximum absolute atomic E-state index is 13.1. The standard InChI is InChI=1S/C24H29ClN2O2.CH4/c1-17(2)23(26-22(28)16-18-6-4-3-5-7-18)24(29)27-14-12-20(13-15-27)19-8-10-21(25)11-9-19;/h3-11,17,20,23H,12-16H2,1-2H3,(H,26,28);1H4/t23-;/m1./s1. The zero-order valence-electron chi connectivity index (χ0n) is 17.1. The summed E-state index contributed by atoms with van der Waals surface area (Å²) in [7, 11) is 0. The molecular formula is C25H33ClN2O2. The first-order valence-corrected chi connectivity index (χ1v) is 10.7. The summed E-state index contributed by atoms with van der Waals surface area (Å²) in [5.74, 6) is 0.396. The number of hydrogen-bond donors (Lipinski definition) is 1. The molecule has 1 aliphatic rings. The minimum atomic E-state index is -0.488. The molecule has 5 heteroatoms. The fraction of sp³-hybridized carbons (Fsp3) is 0.440. The van der Waals surface area contributed by atoms with Gasteiger partial charge in [0.1, 0.15) is 6.04 Å². The fourth-order valence-electron chi connectivity index (χ4n) is 3.88. The Bertz CT molecular complexity index is 813. The van der Waals surface area contributed by atoms with Crippen molar-refractivity contribution in [2.24, 2.45) is 5.92 Å². The molecule has 0 saturated carbocycles. The molecule has 2 aromatic carbocycles. The number of halogens is 1. The average molecular weight is 429 g/mol. The Labute approximate surface area is 185 Å². The van der Waals surface area contributed by atoms with Crippen molar-refractivity contribution in [3.05, 3.63) is 70.7 Å². The van der Waals surface area contributed by atoms with Crippen molar-refractivity contribution in [3.63, 3.8) is 0 Å². The van der Waals surface area contributed by atoms with Crippen molar-refractivity contribution in [2.45, 2.75) is 52.5 Å². The molecule has 1 aliphatic heterocycles. The van der Waals surface area contributed by atoms with Crippen LogP contribution in [0.4, 0.5) is 0 Å². The first kappa shape index (κ1) is 23.9. The first-order valence-electron chi connectivity index (χ1n) is 10.3. The summed E-state index contributed by atoms with van der Waals surface area (Å²) in [6, 6.07) is 17.1. The lowest BCUT2D eigenvalue weighted by atomic mass is 9.89. The molecular weight excluding hydrogens is 396 g/mol. The molecule has 1 atom stereocenters. The smallest absolute Gasteiger partial charge is 0.245 e. The molecule has 1 heterocycles. The Balaban J connectivity index is 0.00000320. The third-order valence-electron chi connectivity index (χ3n) is 5.60. The first-order chi connectivity index (χ1) is 13.9. The molecule has 0 radical (unpaired) electrons. The van der Waals surface area contributed by atoms with Crippen LogP contribution in [0.1, 0.15) is 51.2 Å². The molecule has 3 rings (SSSR count). The largest absolute Gasteiger partial charge is 0.344 e. The van der Waals surface area contributed by atoms with Gasteiger partial charge in [0.25, 0.3) is 0 Å². The van der Waals surface area contributed by atoms with E-state index in [1.807, 2.05) is 61.2 Å². The quantitative estimate of drug-likeness (QED) is 0.698. The van der Waals surface area contributed by atoms with Crippen LogP contribution in [0.3, 0.4) is 0 Å². The number of likely N-dealkylation sites (tertiary alicyclic amines) is 1. The van der Waals surface area contributed by atoms with E-state index in [0.717, 1.165) is 23.4 Å². The van der Waals surface area contributed by atoms with Crippen LogP contribution in [0.15, 0.2) is 54.6 Å². The number of benzene rings is 2. The maximum atomic E-state index is 13.1. The second-order valence-electron chi connectivity index (χ2n) is 8.10. The van der Waals surface area contributed by atoms with Crippen LogP contribution >= 0.6 is 11.6 Å². The van der Waals surface area contributed by atoms with Crippen LogP contribution in [-0.2, 0) is 16.0 Å². The minimum absolute atomic E-state index is 0. The van der Waals surface area contributed by atoms with E-state index in [1.165, 1.54) is 5.56 Å². The summed E-state index contributed by atoms with van der Waals surface area (Å²) in [6.45, 7) is 5.38. The highest BCUT2D eigenvalue weighted by molar-refractivity contribution is 6.30. The highest BCUT2D eigenvalue weighted by atomic mass is 35.5. The summed E-state index contributed by atoms with van der Waals surface area (Å²) in [5, 5.41) is 3.71. The third-order valence-corrected chi connectivity index (χ3v) is 5.86. The second-order valence-corrected chi connectivity index (χ2v) is 8.54. The van der Waals surface area contributed by atoms with Gasteiger partial charge in [0, 0.05) is 18.1 Å². The van der Waals surface area contributed by atoms with E-state index in [1.54, 1.807) is 0 Å². The van der Waals surface area contributed by atoms with Gasteiger partial charge < -0.3 is 10.2 Å². The molecule has 2 amide bonds. The van der Waals surface area contributed by atoms with Gasteiger partial charge in [0.2, 0.25) is 11.8 Å². The summed E-state index contributed by atoms with van der Waals surface area (Å²) < 4.78 is 0. The van der Waals surface area contributed by atoms with E-state index >= 15 is 0 Å². The lowest BCUT2D eigenvalue weighted by Gasteiger charge is -2.35. The normalized spacial score (nSPS) is 15.4. The summed E-state index contributed by atoms with van der Waals surface area (Å²) in [4.78, 5) is 27.5. The zero-order valence-corrected chi connectivity index (χ0v) is 17.9. The second kappa shape index (κ2) is 11.2. The van der Waals surface area contributed by atoms with Gasteiger partial charge in [-0.2, -0.15) is 0 Å². The molecule has 0 aromatic heterocycles. The molecule has 162 valence electrons. The number of rotatable bonds is 6. The van der Waals surface area contributed by atoms with Gasteiger partial charge in [-0.3, -0.25) is 9.59 Å². The number of nitrogens with one attached hydrogen (secondary N) is 1. The van der Waals surface area contributed by atoms with Gasteiger partial charge in [-0.1, -0.05) is 75.3 Å². The molecule has 1 saturated heterocycles. The number of amides is 2. The summed E-state index contributed by atoms with van der Waals surface area (Å²) in [5.41, 5.74) is 2.22. The minimum Gasteiger partial charge on any atom is -0.344 e. The van der Waals surface area contributed by atoms with Crippen LogP contribution in [0.5, 0.6) is 0 Å². The van der Waals surface area contributed by atoms with Crippen molar-refractivity contribution in [3.8, 4) is 0 Å². The van der Waals surface area contributed by atoms with Crippen molar-refractivity contribution in [1.82, 2.24) is 10.2 Å². The van der Waals surface area contributed by atoms with E-state index in [0.29, 0.717) is 19.0 Å². The number of piperidine rings is 1. The third kappa shape index (κ3) is 6.33. The van der Waals surface area contributed by atoms with Crippen molar-refractivity contribution < 1.29 is 9.59 Å². The number of carbonyl (C=O) groups excluding carboxylic acids is 2. The summed E-state index contributed by atoms with van der Waals surface area (Å²) in [6.07, 6.45) is 2.14. The molecule has 1 N–H and O–H groups in total. The van der Waals surface area contributed by atoms with Gasteiger partial charge in [-0.15, -0.1) is 0 Å². The molecule has 0 spiro atoms. The van der Waals surface area contributed by atoms with Crippen LogP contribution in [-0.4, -0.2) is 35.8 Å². The van der Waals surface area contributed by atoms with Crippen LogP contribution in [0.2, 0.25) is 5.02 Å². The van der Waals surface area contributed by atoms with Gasteiger partial charge in [-0.05, 0) is 47.9 Å². The van der Waals surface area contributed by atoms with E-state index in [4.69, 9.17) is 11.6 Å². The summed E-state index contributed by atoms with van der Waals surface area (Å²) >= 11 is 5.98. The highest BCUT2D eigenvalue weighted by Gasteiger charge is 2.31. The molecule has 0 bridgehead atoms. The Morgan fingerprint density at radius 1 is 1.03 bits per heavy atom. The number of carbonyl (C=O) groups is 2. The molecule has 2 aromatic rings.